The Kier molecular flexibility index (Phi) is 2.84. The fraction of sp³-hybridized carbons (Fsp3) is 0.500. The maximum atomic E-state index is 14.1. The molecule has 2 aliphatic heterocycles. The van der Waals surface area contributed by atoms with Gasteiger partial charge < -0.3 is 14.8 Å². The first-order valence-corrected chi connectivity index (χ1v) is 6.13. The molecule has 17 heavy (non-hydrogen) atoms. The van der Waals surface area contributed by atoms with E-state index in [-0.39, 0.29) is 23.6 Å². The molecule has 0 bridgehead atoms. The molecule has 0 spiro atoms. The zero-order valence-corrected chi connectivity index (χ0v) is 10.0. The van der Waals surface area contributed by atoms with Crippen molar-refractivity contribution in [3.05, 3.63) is 22.5 Å². The molecule has 0 aliphatic carbocycles. The molecule has 1 aromatic rings. The van der Waals surface area contributed by atoms with Gasteiger partial charge >= 0.3 is 0 Å². The third kappa shape index (κ3) is 1.85. The van der Waals surface area contributed by atoms with Crippen molar-refractivity contribution >= 4 is 11.6 Å². The summed E-state index contributed by atoms with van der Waals surface area (Å²) in [6.07, 6.45) is 2.02. The van der Waals surface area contributed by atoms with Crippen LogP contribution in [0, 0.1) is 5.82 Å². The number of piperidine rings is 1. The van der Waals surface area contributed by atoms with Gasteiger partial charge in [-0.1, -0.05) is 11.6 Å². The predicted molar refractivity (Wildman–Crippen MR) is 62.4 cm³/mol. The third-order valence-corrected chi connectivity index (χ3v) is 3.65. The molecule has 0 radical (unpaired) electrons. The summed E-state index contributed by atoms with van der Waals surface area (Å²) in [6.45, 7) is 1.89. The predicted octanol–water partition coefficient (Wildman–Crippen LogP) is 2.67. The average Bonchev–Trinajstić information content (AvgIpc) is 2.83. The Balaban J connectivity index is 2.01. The molecule has 1 aromatic carbocycles. The van der Waals surface area contributed by atoms with Gasteiger partial charge in [-0.05, 0) is 36.9 Å². The van der Waals surface area contributed by atoms with Crippen molar-refractivity contribution in [2.24, 2.45) is 0 Å². The van der Waals surface area contributed by atoms with E-state index in [1.54, 1.807) is 6.07 Å². The fourth-order valence-corrected chi connectivity index (χ4v) is 2.67. The summed E-state index contributed by atoms with van der Waals surface area (Å²) in [4.78, 5) is 0. The number of benzene rings is 1. The Morgan fingerprint density at radius 1 is 1.41 bits per heavy atom. The molecular formula is C12H13ClFNO2. The second-order valence-corrected chi connectivity index (χ2v) is 4.75. The summed E-state index contributed by atoms with van der Waals surface area (Å²) < 4.78 is 24.6. The molecule has 2 heterocycles. The largest absolute Gasteiger partial charge is 0.454 e. The van der Waals surface area contributed by atoms with E-state index in [0.29, 0.717) is 17.1 Å². The van der Waals surface area contributed by atoms with Gasteiger partial charge in [-0.3, -0.25) is 0 Å². The standard InChI is InChI=1S/C12H13ClFNO2/c13-10-11(14)8(7-2-1-3-15-5-7)4-9-12(10)17-6-16-9/h4,7,15H,1-3,5-6H2. The molecule has 3 nitrogen and oxygen atoms in total. The van der Waals surface area contributed by atoms with Gasteiger partial charge in [-0.15, -0.1) is 0 Å². The summed E-state index contributed by atoms with van der Waals surface area (Å²) >= 11 is 5.96. The van der Waals surface area contributed by atoms with Crippen LogP contribution in [0.25, 0.3) is 0 Å². The maximum Gasteiger partial charge on any atom is 0.231 e. The Labute approximate surface area is 104 Å². The molecule has 2 aliphatic rings. The highest BCUT2D eigenvalue weighted by atomic mass is 35.5. The second kappa shape index (κ2) is 4.35. The summed E-state index contributed by atoms with van der Waals surface area (Å²) in [5.74, 6) is 0.675. The SMILES string of the molecule is Fc1c(C2CCCNC2)cc2c(c1Cl)OCO2. The second-order valence-electron chi connectivity index (χ2n) is 4.37. The van der Waals surface area contributed by atoms with Crippen LogP contribution in [-0.2, 0) is 0 Å². The number of nitrogens with one attached hydrogen (secondary N) is 1. The zero-order chi connectivity index (χ0) is 11.8. The first kappa shape index (κ1) is 11.1. The van der Waals surface area contributed by atoms with E-state index in [1.807, 2.05) is 0 Å². The van der Waals surface area contributed by atoms with Gasteiger partial charge in [0.2, 0.25) is 6.79 Å². The van der Waals surface area contributed by atoms with E-state index in [1.165, 1.54) is 0 Å². The molecule has 0 amide bonds. The van der Waals surface area contributed by atoms with Crippen LogP contribution in [-0.4, -0.2) is 19.9 Å². The smallest absolute Gasteiger partial charge is 0.231 e. The number of hydrogen-bond donors (Lipinski definition) is 1. The fourth-order valence-electron chi connectivity index (χ4n) is 2.41. The number of hydrogen-bond acceptors (Lipinski definition) is 3. The molecule has 0 saturated carbocycles. The van der Waals surface area contributed by atoms with Gasteiger partial charge in [0.05, 0.1) is 0 Å². The molecule has 1 fully saturated rings. The van der Waals surface area contributed by atoms with Gasteiger partial charge in [0.25, 0.3) is 0 Å². The lowest BCUT2D eigenvalue weighted by molar-refractivity contribution is 0.174. The Hall–Kier alpha value is -1.00. The summed E-state index contributed by atoms with van der Waals surface area (Å²) in [5.41, 5.74) is 0.631. The van der Waals surface area contributed by atoms with Crippen molar-refractivity contribution in [3.63, 3.8) is 0 Å². The van der Waals surface area contributed by atoms with Crippen LogP contribution in [0.4, 0.5) is 4.39 Å². The number of rotatable bonds is 1. The van der Waals surface area contributed by atoms with E-state index in [0.717, 1.165) is 25.9 Å². The number of fused-ring (bicyclic) bond motifs is 1. The zero-order valence-electron chi connectivity index (χ0n) is 9.26. The summed E-state index contributed by atoms with van der Waals surface area (Å²) in [7, 11) is 0. The highest BCUT2D eigenvalue weighted by Crippen LogP contribution is 2.44. The molecule has 92 valence electrons. The van der Waals surface area contributed by atoms with Gasteiger partial charge in [0.15, 0.2) is 11.5 Å². The van der Waals surface area contributed by atoms with E-state index in [4.69, 9.17) is 21.1 Å². The Bertz CT molecular complexity index is 447. The normalized spacial score (nSPS) is 22.8. The molecule has 1 N–H and O–H groups in total. The van der Waals surface area contributed by atoms with Crippen molar-refractivity contribution in [1.29, 1.82) is 0 Å². The first-order chi connectivity index (χ1) is 8.27. The lowest BCUT2D eigenvalue weighted by Gasteiger charge is -2.24. The van der Waals surface area contributed by atoms with Crippen LogP contribution in [0.3, 0.4) is 0 Å². The van der Waals surface area contributed by atoms with Crippen LogP contribution in [0.5, 0.6) is 11.5 Å². The molecule has 5 heteroatoms. The van der Waals surface area contributed by atoms with Gasteiger partial charge in [-0.2, -0.15) is 0 Å². The van der Waals surface area contributed by atoms with Gasteiger partial charge in [0.1, 0.15) is 10.8 Å². The molecule has 0 aromatic heterocycles. The molecule has 1 unspecified atom stereocenters. The minimum absolute atomic E-state index is 0.0422. The Morgan fingerprint density at radius 2 is 2.29 bits per heavy atom. The van der Waals surface area contributed by atoms with E-state index >= 15 is 0 Å². The number of ether oxygens (including phenoxy) is 2. The monoisotopic (exact) mass is 257 g/mol. The first-order valence-electron chi connectivity index (χ1n) is 5.75. The minimum atomic E-state index is -0.371. The highest BCUT2D eigenvalue weighted by molar-refractivity contribution is 6.32. The molecular weight excluding hydrogens is 245 g/mol. The third-order valence-electron chi connectivity index (χ3n) is 3.31. The van der Waals surface area contributed by atoms with Crippen LogP contribution in [0.15, 0.2) is 6.07 Å². The van der Waals surface area contributed by atoms with Gasteiger partial charge in [0, 0.05) is 6.54 Å². The van der Waals surface area contributed by atoms with Crippen molar-refractivity contribution in [2.45, 2.75) is 18.8 Å². The Morgan fingerprint density at radius 3 is 3.06 bits per heavy atom. The summed E-state index contributed by atoms with van der Waals surface area (Å²) in [5, 5.41) is 3.31. The van der Waals surface area contributed by atoms with Crippen LogP contribution >= 0.6 is 11.6 Å². The quantitative estimate of drug-likeness (QED) is 0.839. The van der Waals surface area contributed by atoms with Gasteiger partial charge in [-0.25, -0.2) is 4.39 Å². The average molecular weight is 258 g/mol. The van der Waals surface area contributed by atoms with Crippen molar-refractivity contribution in [3.8, 4) is 11.5 Å². The summed E-state index contributed by atoms with van der Waals surface area (Å²) in [6, 6.07) is 1.72. The van der Waals surface area contributed by atoms with Crippen molar-refractivity contribution < 1.29 is 13.9 Å². The maximum absolute atomic E-state index is 14.1. The molecule has 3 rings (SSSR count). The molecule has 1 atom stereocenters. The minimum Gasteiger partial charge on any atom is -0.454 e. The lowest BCUT2D eigenvalue weighted by Crippen LogP contribution is -2.28. The van der Waals surface area contributed by atoms with Crippen molar-refractivity contribution in [2.75, 3.05) is 19.9 Å². The van der Waals surface area contributed by atoms with E-state index in [2.05, 4.69) is 5.32 Å². The lowest BCUT2D eigenvalue weighted by atomic mass is 9.91. The van der Waals surface area contributed by atoms with Crippen LogP contribution in [0.1, 0.15) is 24.3 Å². The van der Waals surface area contributed by atoms with Crippen LogP contribution < -0.4 is 14.8 Å². The topological polar surface area (TPSA) is 30.5 Å². The molecule has 1 saturated heterocycles. The van der Waals surface area contributed by atoms with E-state index in [9.17, 15) is 4.39 Å². The highest BCUT2D eigenvalue weighted by Gasteiger charge is 2.27. The van der Waals surface area contributed by atoms with Crippen molar-refractivity contribution in [1.82, 2.24) is 5.32 Å². The van der Waals surface area contributed by atoms with E-state index < -0.39 is 0 Å². The van der Waals surface area contributed by atoms with Crippen LogP contribution in [0.2, 0.25) is 5.02 Å². The number of halogens is 2.